The molecule has 0 fully saturated rings. The maximum atomic E-state index is 12.6. The number of anilines is 1. The van der Waals surface area contributed by atoms with Crippen LogP contribution >= 0.6 is 0 Å². The van der Waals surface area contributed by atoms with Crippen molar-refractivity contribution in [1.82, 2.24) is 9.78 Å². The number of benzene rings is 1. The Morgan fingerprint density at radius 1 is 1.38 bits per heavy atom. The van der Waals surface area contributed by atoms with Gasteiger partial charge < -0.3 is 16.2 Å². The van der Waals surface area contributed by atoms with Crippen LogP contribution in [0.25, 0.3) is 0 Å². The maximum Gasteiger partial charge on any atom is 0.254 e. The predicted octanol–water partition coefficient (Wildman–Crippen LogP) is 1.71. The van der Waals surface area contributed by atoms with E-state index >= 15 is 0 Å². The van der Waals surface area contributed by atoms with Gasteiger partial charge >= 0.3 is 0 Å². The fourth-order valence-corrected chi connectivity index (χ4v) is 3.44. The molecule has 4 rings (SSSR count). The van der Waals surface area contributed by atoms with Gasteiger partial charge in [0.15, 0.2) is 5.78 Å². The Hall–Kier alpha value is -3.09. The topological polar surface area (TPSA) is 110 Å². The lowest BCUT2D eigenvalue weighted by molar-refractivity contribution is -0.116. The van der Waals surface area contributed by atoms with Crippen molar-refractivity contribution < 1.29 is 14.7 Å². The standard InChI is InChI=1S/C17H16N4O3/c18-16(24)11-8-19-21-15(9-3-1-4-10(22)7-9)14-12(20-17(11)21)5-2-6-13(14)23/h1,3-4,7-8,15,20,22H,2,5-6H2,(H2,18,24)/t15-/m1/s1. The summed E-state index contributed by atoms with van der Waals surface area (Å²) in [5, 5.41) is 17.3. The number of hydrogen-bond acceptors (Lipinski definition) is 5. The molecule has 1 amide bonds. The molecule has 4 N–H and O–H groups in total. The molecule has 0 spiro atoms. The molecule has 0 radical (unpaired) electrons. The van der Waals surface area contributed by atoms with Gasteiger partial charge in [-0.25, -0.2) is 4.68 Å². The smallest absolute Gasteiger partial charge is 0.254 e. The summed E-state index contributed by atoms with van der Waals surface area (Å²) in [5.41, 5.74) is 7.89. The van der Waals surface area contributed by atoms with Crippen molar-refractivity contribution in [3.63, 3.8) is 0 Å². The molecule has 122 valence electrons. The summed E-state index contributed by atoms with van der Waals surface area (Å²) in [6, 6.07) is 6.25. The van der Waals surface area contributed by atoms with Crippen LogP contribution in [0.2, 0.25) is 0 Å². The largest absolute Gasteiger partial charge is 0.508 e. The van der Waals surface area contributed by atoms with Gasteiger partial charge in [0.2, 0.25) is 0 Å². The van der Waals surface area contributed by atoms with Gasteiger partial charge in [0.05, 0.1) is 6.20 Å². The van der Waals surface area contributed by atoms with Crippen molar-refractivity contribution in [2.24, 2.45) is 5.73 Å². The molecule has 1 atom stereocenters. The van der Waals surface area contributed by atoms with Crippen LogP contribution in [0.4, 0.5) is 5.82 Å². The second-order valence-electron chi connectivity index (χ2n) is 6.01. The minimum Gasteiger partial charge on any atom is -0.508 e. The number of nitrogens with two attached hydrogens (primary N) is 1. The highest BCUT2D eigenvalue weighted by Crippen LogP contribution is 2.41. The number of carbonyl (C=O) groups is 2. The number of rotatable bonds is 2. The molecule has 1 aromatic carbocycles. The molecule has 0 saturated carbocycles. The van der Waals surface area contributed by atoms with Gasteiger partial charge in [0, 0.05) is 17.7 Å². The third kappa shape index (κ3) is 2.09. The Kier molecular flexibility index (Phi) is 3.16. The number of phenolic OH excluding ortho intramolecular Hbond substituents is 1. The van der Waals surface area contributed by atoms with Crippen molar-refractivity contribution in [2.45, 2.75) is 25.3 Å². The molecule has 0 bridgehead atoms. The average molecular weight is 324 g/mol. The van der Waals surface area contributed by atoms with Gasteiger partial charge in [-0.15, -0.1) is 0 Å². The number of aromatic hydroxyl groups is 1. The van der Waals surface area contributed by atoms with Crippen LogP contribution in [0.15, 0.2) is 41.7 Å². The number of aromatic nitrogens is 2. The summed E-state index contributed by atoms with van der Waals surface area (Å²) in [5.74, 6) is 0.0769. The molecule has 0 unspecified atom stereocenters. The van der Waals surface area contributed by atoms with Crippen molar-refractivity contribution in [2.75, 3.05) is 5.32 Å². The van der Waals surface area contributed by atoms with E-state index in [1.165, 1.54) is 6.20 Å². The zero-order valence-corrected chi connectivity index (χ0v) is 12.8. The fourth-order valence-electron chi connectivity index (χ4n) is 3.44. The van der Waals surface area contributed by atoms with Crippen LogP contribution in [-0.4, -0.2) is 26.6 Å². The van der Waals surface area contributed by atoms with Crippen molar-refractivity contribution in [3.05, 3.63) is 52.9 Å². The molecule has 24 heavy (non-hydrogen) atoms. The Balaban J connectivity index is 1.95. The van der Waals surface area contributed by atoms with Crippen molar-refractivity contribution >= 4 is 17.5 Å². The summed E-state index contributed by atoms with van der Waals surface area (Å²) in [4.78, 5) is 24.2. The van der Waals surface area contributed by atoms with Gasteiger partial charge in [0.25, 0.3) is 5.91 Å². The quantitative estimate of drug-likeness (QED) is 0.779. The summed E-state index contributed by atoms with van der Waals surface area (Å²) in [7, 11) is 0. The van der Waals surface area contributed by atoms with E-state index in [1.807, 2.05) is 6.07 Å². The Labute approximate surface area is 137 Å². The molecule has 2 heterocycles. The van der Waals surface area contributed by atoms with Crippen LogP contribution in [-0.2, 0) is 4.79 Å². The molecule has 2 aliphatic rings. The molecular formula is C17H16N4O3. The Morgan fingerprint density at radius 3 is 2.96 bits per heavy atom. The normalized spacial score (nSPS) is 19.5. The van der Waals surface area contributed by atoms with E-state index in [0.717, 1.165) is 24.1 Å². The monoisotopic (exact) mass is 324 g/mol. The average Bonchev–Trinajstić information content (AvgIpc) is 2.97. The van der Waals surface area contributed by atoms with Crippen LogP contribution in [0.5, 0.6) is 5.75 Å². The van der Waals surface area contributed by atoms with Crippen molar-refractivity contribution in [1.29, 1.82) is 0 Å². The number of Topliss-reactive ketones (excluding diaryl/α,β-unsaturated/α-hetero) is 1. The van der Waals surface area contributed by atoms with E-state index in [9.17, 15) is 14.7 Å². The third-order valence-electron chi connectivity index (χ3n) is 4.49. The first kappa shape index (κ1) is 14.5. The maximum absolute atomic E-state index is 12.6. The lowest BCUT2D eigenvalue weighted by Gasteiger charge is -2.33. The Morgan fingerprint density at radius 2 is 2.21 bits per heavy atom. The van der Waals surface area contributed by atoms with Gasteiger partial charge in [0.1, 0.15) is 23.2 Å². The minimum atomic E-state index is -0.579. The first-order valence-corrected chi connectivity index (χ1v) is 7.76. The molecule has 7 heteroatoms. The summed E-state index contributed by atoms with van der Waals surface area (Å²) >= 11 is 0. The number of nitrogens with one attached hydrogen (secondary N) is 1. The zero-order valence-electron chi connectivity index (χ0n) is 12.8. The van der Waals surface area contributed by atoms with E-state index in [0.29, 0.717) is 17.8 Å². The number of phenols is 1. The number of primary amides is 1. The second-order valence-corrected chi connectivity index (χ2v) is 6.01. The number of allylic oxidation sites excluding steroid dienone is 2. The summed E-state index contributed by atoms with van der Waals surface area (Å²) < 4.78 is 1.59. The number of amides is 1. The van der Waals surface area contributed by atoms with Crippen LogP contribution < -0.4 is 11.1 Å². The van der Waals surface area contributed by atoms with E-state index in [2.05, 4.69) is 10.4 Å². The highest BCUT2D eigenvalue weighted by Gasteiger charge is 2.37. The molecule has 0 saturated heterocycles. The molecule has 1 aromatic heterocycles. The van der Waals surface area contributed by atoms with Gasteiger partial charge in [-0.2, -0.15) is 5.10 Å². The van der Waals surface area contributed by atoms with Crippen molar-refractivity contribution in [3.8, 4) is 5.75 Å². The van der Waals surface area contributed by atoms with E-state index in [-0.39, 0.29) is 17.1 Å². The van der Waals surface area contributed by atoms with E-state index in [1.54, 1.807) is 22.9 Å². The van der Waals surface area contributed by atoms with Crippen LogP contribution in [0.1, 0.15) is 41.2 Å². The van der Waals surface area contributed by atoms with Crippen LogP contribution in [0, 0.1) is 0 Å². The summed E-state index contributed by atoms with van der Waals surface area (Å²) in [6.07, 6.45) is 3.37. The lowest BCUT2D eigenvalue weighted by Crippen LogP contribution is -2.32. The predicted molar refractivity (Wildman–Crippen MR) is 86.5 cm³/mol. The second kappa shape index (κ2) is 5.23. The summed E-state index contributed by atoms with van der Waals surface area (Å²) in [6.45, 7) is 0. The SMILES string of the molecule is NC(=O)c1cnn2c1NC1=C(C(=O)CCC1)[C@H]2c1cccc(O)c1. The number of ketones is 1. The Bertz CT molecular complexity index is 897. The third-order valence-corrected chi connectivity index (χ3v) is 4.49. The van der Waals surface area contributed by atoms with Gasteiger partial charge in [-0.05, 0) is 30.5 Å². The number of nitrogens with zero attached hydrogens (tertiary/aromatic N) is 2. The first-order chi connectivity index (χ1) is 11.6. The van der Waals surface area contributed by atoms with Gasteiger partial charge in [-0.1, -0.05) is 12.1 Å². The highest BCUT2D eigenvalue weighted by molar-refractivity contribution is 6.02. The molecule has 7 nitrogen and oxygen atoms in total. The molecule has 2 aromatic rings. The van der Waals surface area contributed by atoms with E-state index < -0.39 is 11.9 Å². The number of fused-ring (bicyclic) bond motifs is 1. The lowest BCUT2D eigenvalue weighted by atomic mass is 9.85. The zero-order chi connectivity index (χ0) is 16.8. The van der Waals surface area contributed by atoms with Gasteiger partial charge in [-0.3, -0.25) is 9.59 Å². The first-order valence-electron chi connectivity index (χ1n) is 7.76. The number of carbonyl (C=O) groups excluding carboxylic acids is 2. The highest BCUT2D eigenvalue weighted by atomic mass is 16.3. The molecule has 1 aliphatic heterocycles. The van der Waals surface area contributed by atoms with E-state index in [4.69, 9.17) is 5.73 Å². The van der Waals surface area contributed by atoms with Crippen LogP contribution in [0.3, 0.4) is 0 Å². The number of hydrogen-bond donors (Lipinski definition) is 3. The fraction of sp³-hybridized carbons (Fsp3) is 0.235. The minimum absolute atomic E-state index is 0.0545. The molecular weight excluding hydrogens is 308 g/mol. The molecule has 1 aliphatic carbocycles.